The van der Waals surface area contributed by atoms with Crippen LogP contribution in [0.1, 0.15) is 18.4 Å². The summed E-state index contributed by atoms with van der Waals surface area (Å²) in [5, 5.41) is 13.9. The second-order valence-electron chi connectivity index (χ2n) is 6.39. The van der Waals surface area contributed by atoms with Crippen molar-refractivity contribution in [3.63, 3.8) is 0 Å². The molecule has 6 nitrogen and oxygen atoms in total. The molecule has 1 aromatic rings. The molecule has 0 aromatic heterocycles. The van der Waals surface area contributed by atoms with Gasteiger partial charge in [0, 0.05) is 11.8 Å². The monoisotopic (exact) mass is 366 g/mol. The number of carbonyl (C=O) groups excluding carboxylic acids is 2. The lowest BCUT2D eigenvalue weighted by Crippen LogP contribution is -2.58. The van der Waals surface area contributed by atoms with Crippen molar-refractivity contribution < 1.29 is 23.9 Å². The Morgan fingerprint density at radius 2 is 2.04 bits per heavy atom. The summed E-state index contributed by atoms with van der Waals surface area (Å²) < 4.78 is 13.7. The third-order valence-electron chi connectivity index (χ3n) is 4.59. The molecule has 25 heavy (non-hydrogen) atoms. The lowest BCUT2D eigenvalue weighted by Gasteiger charge is -2.35. The first-order chi connectivity index (χ1) is 11.9. The van der Waals surface area contributed by atoms with E-state index < -0.39 is 23.2 Å². The van der Waals surface area contributed by atoms with Crippen molar-refractivity contribution in [3.05, 3.63) is 35.6 Å². The molecule has 1 aliphatic carbocycles. The van der Waals surface area contributed by atoms with Crippen LogP contribution < -0.4 is 10.6 Å². The smallest absolute Gasteiger partial charge is 0.306 e. The number of hydrogen-bond donors (Lipinski definition) is 3. The average molecular weight is 366 g/mol. The zero-order chi connectivity index (χ0) is 18.0. The molecular weight excluding hydrogens is 347 g/mol. The van der Waals surface area contributed by atoms with Crippen molar-refractivity contribution in [3.8, 4) is 0 Å². The fourth-order valence-electron chi connectivity index (χ4n) is 2.99. The van der Waals surface area contributed by atoms with Crippen LogP contribution in [0.15, 0.2) is 24.3 Å². The van der Waals surface area contributed by atoms with E-state index in [9.17, 15) is 18.8 Å². The fourth-order valence-corrected chi connectivity index (χ4v) is 4.17. The van der Waals surface area contributed by atoms with Crippen molar-refractivity contribution in [1.82, 2.24) is 10.6 Å². The van der Waals surface area contributed by atoms with Crippen molar-refractivity contribution in [2.24, 2.45) is 5.92 Å². The van der Waals surface area contributed by atoms with Crippen molar-refractivity contribution in [1.29, 1.82) is 0 Å². The van der Waals surface area contributed by atoms with Crippen LogP contribution in [0.4, 0.5) is 4.39 Å². The number of hydrogen-bond acceptors (Lipinski definition) is 4. The van der Waals surface area contributed by atoms with E-state index in [1.165, 1.54) is 17.8 Å². The van der Waals surface area contributed by atoms with Gasteiger partial charge < -0.3 is 15.7 Å². The molecule has 2 atom stereocenters. The second kappa shape index (κ2) is 7.43. The molecule has 2 amide bonds. The fraction of sp³-hybridized carbons (Fsp3) is 0.471. The molecule has 134 valence electrons. The largest absolute Gasteiger partial charge is 0.481 e. The number of thioether (sulfide) groups is 1. The standard InChI is InChI=1S/C17H19FN2O4S/c18-12-4-2-1-3-9(12)7-14-16(22)20-13(8-25-14)15(21)19-11-5-10(6-11)17(23)24/h1-4,10-11,13-14H,5-8H2,(H,19,21)(H,20,22)(H,23,24). The molecule has 1 heterocycles. The van der Waals surface area contributed by atoms with E-state index in [1.54, 1.807) is 18.2 Å². The highest BCUT2D eigenvalue weighted by Gasteiger charge is 2.38. The third-order valence-corrected chi connectivity index (χ3v) is 5.90. The normalized spacial score (nSPS) is 28.6. The van der Waals surface area contributed by atoms with Gasteiger partial charge in [0.25, 0.3) is 0 Å². The van der Waals surface area contributed by atoms with Crippen LogP contribution in [0.25, 0.3) is 0 Å². The Labute approximate surface area is 148 Å². The Kier molecular flexibility index (Phi) is 5.27. The van der Waals surface area contributed by atoms with E-state index in [1.807, 2.05) is 0 Å². The van der Waals surface area contributed by atoms with Crippen LogP contribution >= 0.6 is 11.8 Å². The minimum Gasteiger partial charge on any atom is -0.481 e. The van der Waals surface area contributed by atoms with Crippen LogP contribution in [0.2, 0.25) is 0 Å². The quantitative estimate of drug-likeness (QED) is 0.721. The Balaban J connectivity index is 1.48. The summed E-state index contributed by atoms with van der Waals surface area (Å²) in [5.74, 6) is -1.75. The van der Waals surface area contributed by atoms with E-state index in [2.05, 4.69) is 10.6 Å². The molecule has 0 spiro atoms. The lowest BCUT2D eigenvalue weighted by atomic mass is 9.80. The van der Waals surface area contributed by atoms with Gasteiger partial charge in [-0.3, -0.25) is 14.4 Å². The number of nitrogens with one attached hydrogen (secondary N) is 2. The topological polar surface area (TPSA) is 95.5 Å². The number of carboxylic acid groups (broad SMARTS) is 1. The predicted octanol–water partition coefficient (Wildman–Crippen LogP) is 0.948. The summed E-state index contributed by atoms with van der Waals surface area (Å²) in [4.78, 5) is 35.2. The molecule has 2 unspecified atom stereocenters. The van der Waals surface area contributed by atoms with Gasteiger partial charge in [0.1, 0.15) is 11.9 Å². The highest BCUT2D eigenvalue weighted by molar-refractivity contribution is 8.00. The Morgan fingerprint density at radius 1 is 1.32 bits per heavy atom. The van der Waals surface area contributed by atoms with Crippen LogP contribution in [-0.4, -0.2) is 46.0 Å². The van der Waals surface area contributed by atoms with Gasteiger partial charge in [-0.2, -0.15) is 0 Å². The summed E-state index contributed by atoms with van der Waals surface area (Å²) >= 11 is 1.34. The van der Waals surface area contributed by atoms with Gasteiger partial charge in [-0.15, -0.1) is 11.8 Å². The number of aliphatic carboxylic acids is 1. The molecule has 3 rings (SSSR count). The van der Waals surface area contributed by atoms with Gasteiger partial charge >= 0.3 is 5.97 Å². The van der Waals surface area contributed by atoms with Gasteiger partial charge in [0.2, 0.25) is 11.8 Å². The van der Waals surface area contributed by atoms with Gasteiger partial charge in [-0.1, -0.05) is 18.2 Å². The Hall–Kier alpha value is -2.09. The van der Waals surface area contributed by atoms with E-state index in [0.29, 0.717) is 24.2 Å². The predicted molar refractivity (Wildman–Crippen MR) is 90.6 cm³/mol. The Morgan fingerprint density at radius 3 is 2.68 bits per heavy atom. The number of amides is 2. The van der Waals surface area contributed by atoms with E-state index in [0.717, 1.165) is 0 Å². The highest BCUT2D eigenvalue weighted by Crippen LogP contribution is 2.28. The average Bonchev–Trinajstić information content (AvgIpc) is 2.53. The van der Waals surface area contributed by atoms with Gasteiger partial charge in [-0.25, -0.2) is 4.39 Å². The number of carboxylic acids is 1. The molecule has 0 radical (unpaired) electrons. The van der Waals surface area contributed by atoms with Crippen LogP contribution in [0.3, 0.4) is 0 Å². The summed E-state index contributed by atoms with van der Waals surface area (Å²) in [5.41, 5.74) is 0.479. The third kappa shape index (κ3) is 4.12. The van der Waals surface area contributed by atoms with Gasteiger partial charge in [0.05, 0.1) is 11.2 Å². The molecule has 8 heteroatoms. The minimum absolute atomic E-state index is 0.147. The van der Waals surface area contributed by atoms with Crippen LogP contribution in [0, 0.1) is 11.7 Å². The maximum Gasteiger partial charge on any atom is 0.306 e. The molecule has 2 fully saturated rings. The highest BCUT2D eigenvalue weighted by atomic mass is 32.2. The van der Waals surface area contributed by atoms with E-state index >= 15 is 0 Å². The van der Waals surface area contributed by atoms with Crippen LogP contribution in [-0.2, 0) is 20.8 Å². The zero-order valence-electron chi connectivity index (χ0n) is 13.4. The second-order valence-corrected chi connectivity index (χ2v) is 7.63. The van der Waals surface area contributed by atoms with E-state index in [4.69, 9.17) is 5.11 Å². The summed E-state index contributed by atoms with van der Waals surface area (Å²) in [6.07, 6.45) is 1.12. The number of carbonyl (C=O) groups is 3. The summed E-state index contributed by atoms with van der Waals surface area (Å²) in [6, 6.07) is 5.55. The molecule has 1 saturated heterocycles. The number of benzene rings is 1. The van der Waals surface area contributed by atoms with Gasteiger partial charge in [0.15, 0.2) is 0 Å². The number of rotatable bonds is 5. The first-order valence-corrected chi connectivity index (χ1v) is 9.17. The Bertz CT molecular complexity index is 693. The van der Waals surface area contributed by atoms with Crippen molar-refractivity contribution in [2.75, 3.05) is 5.75 Å². The zero-order valence-corrected chi connectivity index (χ0v) is 14.2. The minimum atomic E-state index is -0.844. The van der Waals surface area contributed by atoms with Crippen LogP contribution in [0.5, 0.6) is 0 Å². The van der Waals surface area contributed by atoms with E-state index in [-0.39, 0.29) is 30.1 Å². The first-order valence-electron chi connectivity index (χ1n) is 8.12. The van der Waals surface area contributed by atoms with Crippen molar-refractivity contribution >= 4 is 29.5 Å². The SMILES string of the molecule is O=C(O)C1CC(NC(=O)C2CSC(Cc3ccccc3F)C(=O)N2)C1. The maximum absolute atomic E-state index is 13.7. The molecule has 1 aromatic carbocycles. The molecule has 3 N–H and O–H groups in total. The molecule has 0 bridgehead atoms. The molecule has 1 aliphatic heterocycles. The van der Waals surface area contributed by atoms with Crippen molar-refractivity contribution in [2.45, 2.75) is 36.6 Å². The summed E-state index contributed by atoms with van der Waals surface area (Å²) in [6.45, 7) is 0. The van der Waals surface area contributed by atoms with Gasteiger partial charge in [-0.05, 0) is 30.9 Å². The number of halogens is 1. The lowest BCUT2D eigenvalue weighted by molar-refractivity contribution is -0.146. The molecular formula is C17H19FN2O4S. The molecule has 2 aliphatic rings. The summed E-state index contributed by atoms with van der Waals surface area (Å²) in [7, 11) is 0. The maximum atomic E-state index is 13.7. The first kappa shape index (κ1) is 17.7. The molecule has 1 saturated carbocycles.